The fourth-order valence-electron chi connectivity index (χ4n) is 3.02. The normalized spacial score (nSPS) is 12.3. The van der Waals surface area contributed by atoms with Gasteiger partial charge in [-0.3, -0.25) is 4.79 Å². The highest BCUT2D eigenvalue weighted by atomic mass is 35.5. The molecule has 1 aromatic heterocycles. The molecule has 0 fully saturated rings. The topological polar surface area (TPSA) is 98.8 Å². The molecule has 0 aliphatic carbocycles. The third-order valence-electron chi connectivity index (χ3n) is 4.50. The van der Waals surface area contributed by atoms with Gasteiger partial charge in [0.2, 0.25) is 0 Å². The molecule has 4 rings (SSSR count). The Bertz CT molecular complexity index is 1300. The maximum atomic E-state index is 12.4. The highest BCUT2D eigenvalue weighted by Gasteiger charge is 2.23. The van der Waals surface area contributed by atoms with Crippen LogP contribution in [0, 0.1) is 0 Å². The van der Waals surface area contributed by atoms with E-state index in [1.165, 1.54) is 29.5 Å². The lowest BCUT2D eigenvalue weighted by atomic mass is 10.1. The van der Waals surface area contributed by atoms with Crippen LogP contribution < -0.4 is 10.1 Å². The molecule has 1 aliphatic rings. The van der Waals surface area contributed by atoms with E-state index < -0.39 is 28.3 Å². The molecule has 3 aromatic rings. The summed E-state index contributed by atoms with van der Waals surface area (Å²) >= 11 is 7.30. The molecule has 1 amide bonds. The minimum atomic E-state index is -3.47. The van der Waals surface area contributed by atoms with Crippen LogP contribution in [0.5, 0.6) is 5.75 Å². The van der Waals surface area contributed by atoms with Gasteiger partial charge in [0.25, 0.3) is 5.91 Å². The van der Waals surface area contributed by atoms with Crippen molar-refractivity contribution in [3.05, 3.63) is 64.0 Å². The molecule has 0 saturated heterocycles. The van der Waals surface area contributed by atoms with E-state index >= 15 is 0 Å². The van der Waals surface area contributed by atoms with Gasteiger partial charge in [-0.2, -0.15) is 0 Å². The maximum absolute atomic E-state index is 12.4. The van der Waals surface area contributed by atoms with Crippen LogP contribution >= 0.6 is 22.9 Å². The summed E-state index contributed by atoms with van der Waals surface area (Å²) < 4.78 is 34.2. The van der Waals surface area contributed by atoms with E-state index in [1.807, 2.05) is 24.3 Å². The van der Waals surface area contributed by atoms with Crippen LogP contribution in [0.4, 0.5) is 5.69 Å². The first-order valence-electron chi connectivity index (χ1n) is 9.04. The summed E-state index contributed by atoms with van der Waals surface area (Å²) in [6.45, 7) is -0.195. The van der Waals surface area contributed by atoms with Crippen molar-refractivity contribution in [2.75, 3.05) is 18.2 Å². The Kier molecular flexibility index (Phi) is 5.74. The molecule has 2 heterocycles. The van der Waals surface area contributed by atoms with Crippen molar-refractivity contribution in [1.82, 2.24) is 0 Å². The van der Waals surface area contributed by atoms with Gasteiger partial charge in [0.15, 0.2) is 16.4 Å². The quantitative estimate of drug-likeness (QED) is 0.554. The Balaban J connectivity index is 1.42. The van der Waals surface area contributed by atoms with Gasteiger partial charge in [-0.1, -0.05) is 23.7 Å². The number of anilines is 1. The van der Waals surface area contributed by atoms with E-state index in [1.54, 1.807) is 6.07 Å². The van der Waals surface area contributed by atoms with Crippen molar-refractivity contribution in [3.8, 4) is 16.2 Å². The van der Waals surface area contributed by atoms with Crippen molar-refractivity contribution in [3.63, 3.8) is 0 Å². The number of hydrogen-bond acceptors (Lipinski definition) is 7. The summed E-state index contributed by atoms with van der Waals surface area (Å²) in [6.07, 6.45) is 1.05. The first-order valence-corrected chi connectivity index (χ1v) is 12.1. The third-order valence-corrected chi connectivity index (χ3v) is 7.13. The molecule has 2 aromatic carbocycles. The minimum absolute atomic E-state index is 0.0101. The number of carbonyl (C=O) groups is 2. The summed E-state index contributed by atoms with van der Waals surface area (Å²) in [5, 5.41) is 2.63. The van der Waals surface area contributed by atoms with Crippen LogP contribution in [-0.2, 0) is 26.0 Å². The summed E-state index contributed by atoms with van der Waals surface area (Å²) in [4.78, 5) is 26.0. The molecule has 0 unspecified atom stereocenters. The van der Waals surface area contributed by atoms with Crippen molar-refractivity contribution in [2.24, 2.45) is 0 Å². The number of sulfone groups is 1. The van der Waals surface area contributed by atoms with Gasteiger partial charge in [0.05, 0.1) is 15.6 Å². The van der Waals surface area contributed by atoms with E-state index in [0.29, 0.717) is 11.5 Å². The molecule has 0 atom stereocenters. The van der Waals surface area contributed by atoms with Gasteiger partial charge in [0.1, 0.15) is 17.2 Å². The number of fused-ring (bicyclic) bond motifs is 3. The molecule has 160 valence electrons. The second-order valence-corrected chi connectivity index (χ2v) is 10.3. The van der Waals surface area contributed by atoms with Crippen LogP contribution in [0.1, 0.15) is 15.2 Å². The third kappa shape index (κ3) is 4.58. The van der Waals surface area contributed by atoms with E-state index in [4.69, 9.17) is 21.1 Å². The molecular formula is C21H16ClNO6S2. The molecule has 10 heteroatoms. The van der Waals surface area contributed by atoms with Crippen LogP contribution in [-0.4, -0.2) is 33.2 Å². The fraction of sp³-hybridized carbons (Fsp3) is 0.143. The molecule has 0 spiro atoms. The van der Waals surface area contributed by atoms with Gasteiger partial charge < -0.3 is 14.8 Å². The lowest BCUT2D eigenvalue weighted by Crippen LogP contribution is -2.21. The number of thiophene rings is 1. The van der Waals surface area contributed by atoms with Crippen molar-refractivity contribution >= 4 is 50.3 Å². The average molecular weight is 478 g/mol. The van der Waals surface area contributed by atoms with E-state index in [9.17, 15) is 18.0 Å². The number of para-hydroxylation sites is 1. The Hall–Kier alpha value is -2.88. The fourth-order valence-corrected chi connectivity index (χ4v) is 4.92. The number of esters is 1. The van der Waals surface area contributed by atoms with Gasteiger partial charge in [-0.05, 0) is 36.4 Å². The Morgan fingerprint density at radius 3 is 2.74 bits per heavy atom. The van der Waals surface area contributed by atoms with Crippen molar-refractivity contribution in [2.45, 2.75) is 11.5 Å². The summed E-state index contributed by atoms with van der Waals surface area (Å²) in [5.74, 6) is -0.525. The number of rotatable bonds is 5. The smallest absolute Gasteiger partial charge is 0.348 e. The zero-order valence-corrected chi connectivity index (χ0v) is 18.6. The number of nitrogens with one attached hydrogen (secondary N) is 1. The van der Waals surface area contributed by atoms with Crippen LogP contribution in [0.3, 0.4) is 0 Å². The lowest BCUT2D eigenvalue weighted by molar-refractivity contribution is -0.119. The van der Waals surface area contributed by atoms with Gasteiger partial charge in [0, 0.05) is 22.3 Å². The summed E-state index contributed by atoms with van der Waals surface area (Å²) in [6, 6.07) is 13.2. The molecule has 31 heavy (non-hydrogen) atoms. The zero-order chi connectivity index (χ0) is 22.2. The number of carbonyl (C=O) groups excluding carboxylic acids is 2. The van der Waals surface area contributed by atoms with Gasteiger partial charge in [-0.25, -0.2) is 13.2 Å². The predicted octanol–water partition coefficient (Wildman–Crippen LogP) is 4.16. The van der Waals surface area contributed by atoms with E-state index in [0.717, 1.165) is 28.0 Å². The standard InChI is InChI=1S/C21H16ClNO6S2/c1-31(26,27)13-6-7-15(22)16(9-13)23-19(24)11-29-21(25)18-8-12-10-28-17-5-3-2-4-14(17)20(12)30-18/h2-9H,10-11H2,1H3,(H,23,24). The van der Waals surface area contributed by atoms with E-state index in [2.05, 4.69) is 5.32 Å². The zero-order valence-electron chi connectivity index (χ0n) is 16.2. The Labute approximate surface area is 187 Å². The molecule has 0 bridgehead atoms. The van der Waals surface area contributed by atoms with Crippen LogP contribution in [0.25, 0.3) is 10.4 Å². The number of amides is 1. The van der Waals surface area contributed by atoms with Gasteiger partial charge >= 0.3 is 5.97 Å². The first-order chi connectivity index (χ1) is 14.7. The monoisotopic (exact) mass is 477 g/mol. The van der Waals surface area contributed by atoms with Crippen molar-refractivity contribution in [1.29, 1.82) is 0 Å². The highest BCUT2D eigenvalue weighted by molar-refractivity contribution is 7.90. The highest BCUT2D eigenvalue weighted by Crippen LogP contribution is 2.42. The molecule has 1 aliphatic heterocycles. The number of hydrogen-bond donors (Lipinski definition) is 1. The Morgan fingerprint density at radius 2 is 1.97 bits per heavy atom. The predicted molar refractivity (Wildman–Crippen MR) is 118 cm³/mol. The number of ether oxygens (including phenoxy) is 2. The average Bonchev–Trinajstić information content (AvgIpc) is 3.18. The molecule has 1 N–H and O–H groups in total. The SMILES string of the molecule is CS(=O)(=O)c1ccc(Cl)c(NC(=O)COC(=O)c2cc3c(s2)-c2ccccc2OC3)c1. The largest absolute Gasteiger partial charge is 0.488 e. The summed E-state index contributed by atoms with van der Waals surface area (Å²) in [7, 11) is -3.47. The molecule has 0 saturated carbocycles. The van der Waals surface area contributed by atoms with Crippen LogP contribution in [0.15, 0.2) is 53.4 Å². The maximum Gasteiger partial charge on any atom is 0.348 e. The summed E-state index contributed by atoms with van der Waals surface area (Å²) in [5.41, 5.74) is 1.90. The lowest BCUT2D eigenvalue weighted by Gasteiger charge is -2.16. The Morgan fingerprint density at radius 1 is 1.19 bits per heavy atom. The molecule has 0 radical (unpaired) electrons. The van der Waals surface area contributed by atoms with Crippen LogP contribution in [0.2, 0.25) is 5.02 Å². The number of halogens is 1. The second-order valence-electron chi connectivity index (χ2n) is 6.79. The molecule has 7 nitrogen and oxygen atoms in total. The van der Waals surface area contributed by atoms with E-state index in [-0.39, 0.29) is 15.6 Å². The van der Waals surface area contributed by atoms with Gasteiger partial charge in [-0.15, -0.1) is 11.3 Å². The minimum Gasteiger partial charge on any atom is -0.488 e. The molecular weight excluding hydrogens is 462 g/mol. The van der Waals surface area contributed by atoms with Crippen molar-refractivity contribution < 1.29 is 27.5 Å². The second kappa shape index (κ2) is 8.33. The number of benzene rings is 2. The first kappa shape index (κ1) is 21.4.